The monoisotopic (exact) mass is 233 g/mol. The van der Waals surface area contributed by atoms with Gasteiger partial charge in [-0.25, -0.2) is 0 Å². The maximum atomic E-state index is 12.0. The number of nitrogens with zero attached hydrogens (tertiary/aromatic N) is 1. The van der Waals surface area contributed by atoms with Crippen molar-refractivity contribution >= 4 is 17.1 Å². The molecular weight excluding hydrogens is 222 g/mol. The average molecular weight is 233 g/mol. The van der Waals surface area contributed by atoms with Crippen molar-refractivity contribution in [3.63, 3.8) is 0 Å². The molecule has 0 atom stereocenters. The smallest absolute Gasteiger partial charge is 0.204 e. The van der Waals surface area contributed by atoms with Gasteiger partial charge >= 0.3 is 0 Å². The molecule has 0 aliphatic heterocycles. The van der Waals surface area contributed by atoms with Crippen molar-refractivity contribution in [1.29, 1.82) is 0 Å². The number of rotatable bonds is 4. The van der Waals surface area contributed by atoms with Gasteiger partial charge in [-0.2, -0.15) is 0 Å². The van der Waals surface area contributed by atoms with Crippen molar-refractivity contribution in [2.45, 2.75) is 6.92 Å². The third-order valence-electron chi connectivity index (χ3n) is 2.06. The largest absolute Gasteiger partial charge is 0.494 e. The molecule has 0 fully saturated rings. The molecule has 0 saturated carbocycles. The highest BCUT2D eigenvalue weighted by Crippen LogP contribution is 2.18. The topological polar surface area (TPSA) is 39.2 Å². The fourth-order valence-electron chi connectivity index (χ4n) is 1.36. The van der Waals surface area contributed by atoms with Gasteiger partial charge in [0.05, 0.1) is 17.0 Å². The number of thiazole rings is 1. The van der Waals surface area contributed by atoms with Gasteiger partial charge in [0.1, 0.15) is 5.75 Å². The average Bonchev–Trinajstić information content (AvgIpc) is 2.82. The summed E-state index contributed by atoms with van der Waals surface area (Å²) in [5.41, 5.74) is 2.29. The van der Waals surface area contributed by atoms with E-state index >= 15 is 0 Å². The van der Waals surface area contributed by atoms with E-state index < -0.39 is 0 Å². The fraction of sp³-hybridized carbons (Fsp3) is 0.167. The Hall–Kier alpha value is -1.68. The Labute approximate surface area is 97.7 Å². The van der Waals surface area contributed by atoms with Crippen LogP contribution < -0.4 is 4.74 Å². The van der Waals surface area contributed by atoms with Gasteiger partial charge in [0.25, 0.3) is 0 Å². The predicted octanol–water partition coefficient (Wildman–Crippen LogP) is 2.77. The molecule has 0 aliphatic rings. The van der Waals surface area contributed by atoms with Crippen LogP contribution in [0.15, 0.2) is 36.0 Å². The summed E-state index contributed by atoms with van der Waals surface area (Å²) in [5, 5.41) is 0. The lowest BCUT2D eigenvalue weighted by molar-refractivity contribution is 0.104. The van der Waals surface area contributed by atoms with E-state index in [0.29, 0.717) is 17.0 Å². The van der Waals surface area contributed by atoms with Crippen LogP contribution >= 0.6 is 11.3 Å². The highest BCUT2D eigenvalue weighted by molar-refractivity contribution is 7.11. The first-order valence-electron chi connectivity index (χ1n) is 4.97. The molecule has 82 valence electrons. The molecule has 0 saturated heterocycles. The normalized spacial score (nSPS) is 10.1. The first-order valence-corrected chi connectivity index (χ1v) is 5.85. The maximum Gasteiger partial charge on any atom is 0.204 e. The van der Waals surface area contributed by atoms with E-state index in [1.807, 2.05) is 19.1 Å². The lowest BCUT2D eigenvalue weighted by Crippen LogP contribution is -1.99. The molecule has 0 unspecified atom stereocenters. The van der Waals surface area contributed by atoms with Gasteiger partial charge < -0.3 is 4.74 Å². The standard InChI is InChI=1S/C12H11NO2S/c1-2-15-10-5-3-4-9(6-10)12(14)11-7-13-8-16-11/h3-8H,2H2,1H3. The van der Waals surface area contributed by atoms with E-state index in [0.717, 1.165) is 5.75 Å². The number of ketones is 1. The highest BCUT2D eigenvalue weighted by atomic mass is 32.1. The molecule has 0 amide bonds. The molecule has 0 bridgehead atoms. The van der Waals surface area contributed by atoms with Crippen molar-refractivity contribution in [3.8, 4) is 5.75 Å². The van der Waals surface area contributed by atoms with Gasteiger partial charge in [-0.3, -0.25) is 9.78 Å². The summed E-state index contributed by atoms with van der Waals surface area (Å²) in [7, 11) is 0. The molecule has 0 N–H and O–H groups in total. The van der Waals surface area contributed by atoms with E-state index in [1.54, 1.807) is 23.8 Å². The summed E-state index contributed by atoms with van der Waals surface area (Å²) < 4.78 is 5.35. The number of aromatic nitrogens is 1. The third-order valence-corrected chi connectivity index (χ3v) is 2.84. The summed E-state index contributed by atoms with van der Waals surface area (Å²) in [4.78, 5) is 16.5. The zero-order valence-corrected chi connectivity index (χ0v) is 9.66. The second-order valence-electron chi connectivity index (χ2n) is 3.16. The number of hydrogen-bond donors (Lipinski definition) is 0. The zero-order chi connectivity index (χ0) is 11.4. The fourth-order valence-corrected chi connectivity index (χ4v) is 1.95. The molecule has 0 spiro atoms. The zero-order valence-electron chi connectivity index (χ0n) is 8.84. The van der Waals surface area contributed by atoms with Crippen LogP contribution in [0, 0.1) is 0 Å². The molecule has 3 nitrogen and oxygen atoms in total. The van der Waals surface area contributed by atoms with Crippen LogP contribution in [0.25, 0.3) is 0 Å². The Bertz CT molecular complexity index is 480. The lowest BCUT2D eigenvalue weighted by Gasteiger charge is -2.04. The van der Waals surface area contributed by atoms with Crippen molar-refractivity contribution in [3.05, 3.63) is 46.4 Å². The molecule has 2 rings (SSSR count). The maximum absolute atomic E-state index is 12.0. The number of benzene rings is 1. The van der Waals surface area contributed by atoms with Crippen LogP contribution in [0.4, 0.5) is 0 Å². The Morgan fingerprint density at radius 3 is 3.06 bits per heavy atom. The van der Waals surface area contributed by atoms with Crippen molar-refractivity contribution in [2.24, 2.45) is 0 Å². The summed E-state index contributed by atoms with van der Waals surface area (Å²) in [6, 6.07) is 7.20. The highest BCUT2D eigenvalue weighted by Gasteiger charge is 2.10. The summed E-state index contributed by atoms with van der Waals surface area (Å²) in [5.74, 6) is 0.710. The van der Waals surface area contributed by atoms with Crippen LogP contribution in [-0.4, -0.2) is 17.4 Å². The second kappa shape index (κ2) is 4.90. The van der Waals surface area contributed by atoms with Gasteiger partial charge in [0.2, 0.25) is 5.78 Å². The SMILES string of the molecule is CCOc1cccc(C(=O)c2cncs2)c1. The van der Waals surface area contributed by atoms with Crippen LogP contribution in [0.2, 0.25) is 0 Å². The minimum atomic E-state index is -0.0101. The number of hydrogen-bond acceptors (Lipinski definition) is 4. The minimum Gasteiger partial charge on any atom is -0.494 e. The van der Waals surface area contributed by atoms with Crippen LogP contribution in [0.1, 0.15) is 22.2 Å². The van der Waals surface area contributed by atoms with E-state index in [1.165, 1.54) is 11.3 Å². The molecule has 2 aromatic rings. The van der Waals surface area contributed by atoms with Gasteiger partial charge in [0.15, 0.2) is 0 Å². The van der Waals surface area contributed by atoms with Crippen molar-refractivity contribution in [2.75, 3.05) is 6.61 Å². The predicted molar refractivity (Wildman–Crippen MR) is 63.2 cm³/mol. The molecular formula is C12H11NO2S. The lowest BCUT2D eigenvalue weighted by atomic mass is 10.1. The molecule has 16 heavy (non-hydrogen) atoms. The number of ether oxygens (including phenoxy) is 1. The number of carbonyl (C=O) groups is 1. The van der Waals surface area contributed by atoms with Crippen molar-refractivity contribution in [1.82, 2.24) is 4.98 Å². The minimum absolute atomic E-state index is 0.0101. The van der Waals surface area contributed by atoms with Crippen molar-refractivity contribution < 1.29 is 9.53 Å². The van der Waals surface area contributed by atoms with Gasteiger partial charge in [-0.05, 0) is 19.1 Å². The molecule has 1 heterocycles. The summed E-state index contributed by atoms with van der Waals surface area (Å²) in [6.45, 7) is 2.51. The Morgan fingerprint density at radius 2 is 2.38 bits per heavy atom. The number of carbonyl (C=O) groups excluding carboxylic acids is 1. The Balaban J connectivity index is 2.27. The first-order chi connectivity index (χ1) is 7.81. The van der Waals surface area contributed by atoms with E-state index in [-0.39, 0.29) is 5.78 Å². The van der Waals surface area contributed by atoms with Crippen LogP contribution in [-0.2, 0) is 0 Å². The van der Waals surface area contributed by atoms with Crippen LogP contribution in [0.5, 0.6) is 5.75 Å². The van der Waals surface area contributed by atoms with Gasteiger partial charge in [-0.15, -0.1) is 11.3 Å². The molecule has 1 aromatic carbocycles. The summed E-state index contributed by atoms with van der Waals surface area (Å²) >= 11 is 1.34. The molecule has 0 radical (unpaired) electrons. The molecule has 1 aromatic heterocycles. The van der Waals surface area contributed by atoms with Gasteiger partial charge in [-0.1, -0.05) is 12.1 Å². The molecule has 4 heteroatoms. The van der Waals surface area contributed by atoms with E-state index in [9.17, 15) is 4.79 Å². The second-order valence-corrected chi connectivity index (χ2v) is 4.04. The van der Waals surface area contributed by atoms with E-state index in [4.69, 9.17) is 4.74 Å². The first kappa shape index (κ1) is 10.8. The van der Waals surface area contributed by atoms with Crippen LogP contribution in [0.3, 0.4) is 0 Å². The van der Waals surface area contributed by atoms with E-state index in [2.05, 4.69) is 4.98 Å². The quantitative estimate of drug-likeness (QED) is 0.762. The molecule has 0 aliphatic carbocycles. The summed E-state index contributed by atoms with van der Waals surface area (Å²) in [6.07, 6.45) is 1.58. The van der Waals surface area contributed by atoms with Gasteiger partial charge in [0, 0.05) is 11.8 Å². The Morgan fingerprint density at radius 1 is 1.50 bits per heavy atom. The Kier molecular flexibility index (Phi) is 3.31. The third kappa shape index (κ3) is 2.28.